The Balaban J connectivity index is 1.98. The summed E-state index contributed by atoms with van der Waals surface area (Å²) in [6, 6.07) is 5.95. The molecule has 0 radical (unpaired) electrons. The fourth-order valence-corrected chi connectivity index (χ4v) is 2.91. The van der Waals surface area contributed by atoms with Crippen molar-refractivity contribution in [3.8, 4) is 5.75 Å². The second kappa shape index (κ2) is 6.19. The maximum atomic E-state index is 13.6. The largest absolute Gasteiger partial charge is 0.494 e. The number of nitrogens with one attached hydrogen (secondary N) is 1. The van der Waals surface area contributed by atoms with Gasteiger partial charge >= 0.3 is 0 Å². The monoisotopic (exact) mass is 251 g/mol. The van der Waals surface area contributed by atoms with Crippen molar-refractivity contribution in [2.75, 3.05) is 14.2 Å². The third-order valence-corrected chi connectivity index (χ3v) is 3.93. The van der Waals surface area contributed by atoms with Crippen LogP contribution in [0.25, 0.3) is 0 Å². The predicted molar refractivity (Wildman–Crippen MR) is 71.5 cm³/mol. The van der Waals surface area contributed by atoms with E-state index in [2.05, 4.69) is 5.32 Å². The van der Waals surface area contributed by atoms with Gasteiger partial charge in [-0.3, -0.25) is 0 Å². The van der Waals surface area contributed by atoms with E-state index < -0.39 is 0 Å². The average Bonchev–Trinajstić information content (AvgIpc) is 2.39. The Hall–Kier alpha value is -1.09. The fourth-order valence-electron chi connectivity index (χ4n) is 2.91. The highest BCUT2D eigenvalue weighted by atomic mass is 19.1. The first-order valence-electron chi connectivity index (χ1n) is 6.72. The lowest BCUT2D eigenvalue weighted by atomic mass is 9.82. The quantitative estimate of drug-likeness (QED) is 0.887. The molecule has 2 rings (SSSR count). The van der Waals surface area contributed by atoms with Gasteiger partial charge in [-0.1, -0.05) is 18.9 Å². The summed E-state index contributed by atoms with van der Waals surface area (Å²) in [5, 5.41) is 3.36. The van der Waals surface area contributed by atoms with Crippen molar-refractivity contribution in [1.29, 1.82) is 0 Å². The topological polar surface area (TPSA) is 21.3 Å². The van der Waals surface area contributed by atoms with Gasteiger partial charge in [0, 0.05) is 6.04 Å². The van der Waals surface area contributed by atoms with Crippen LogP contribution in [0.4, 0.5) is 4.39 Å². The van der Waals surface area contributed by atoms with Crippen molar-refractivity contribution < 1.29 is 9.13 Å². The van der Waals surface area contributed by atoms with E-state index in [1.807, 2.05) is 13.1 Å². The Morgan fingerprint density at radius 3 is 2.89 bits per heavy atom. The summed E-state index contributed by atoms with van der Waals surface area (Å²) in [6.45, 7) is 0. The van der Waals surface area contributed by atoms with E-state index in [-0.39, 0.29) is 5.82 Å². The van der Waals surface area contributed by atoms with Gasteiger partial charge in [0.25, 0.3) is 0 Å². The maximum Gasteiger partial charge on any atom is 0.165 e. The van der Waals surface area contributed by atoms with Crippen LogP contribution >= 0.6 is 0 Å². The van der Waals surface area contributed by atoms with Crippen LogP contribution in [0.15, 0.2) is 18.2 Å². The lowest BCUT2D eigenvalue weighted by molar-refractivity contribution is 0.294. The van der Waals surface area contributed by atoms with Crippen LogP contribution in [0.2, 0.25) is 0 Å². The summed E-state index contributed by atoms with van der Waals surface area (Å²) in [5.41, 5.74) is 1.08. The number of hydrogen-bond donors (Lipinski definition) is 1. The first-order valence-corrected chi connectivity index (χ1v) is 6.72. The van der Waals surface area contributed by atoms with Gasteiger partial charge in [-0.15, -0.1) is 0 Å². The number of benzene rings is 1. The molecule has 1 aliphatic carbocycles. The standard InChI is InChI=1S/C15H22FNO/c1-17-13-5-3-4-11(9-13)8-12-6-7-15(18-2)14(16)10-12/h6-7,10-11,13,17H,3-5,8-9H2,1-2H3. The number of ether oxygens (including phenoxy) is 1. The van der Waals surface area contributed by atoms with Crippen molar-refractivity contribution >= 4 is 0 Å². The number of halogens is 1. The molecule has 1 saturated carbocycles. The second-order valence-corrected chi connectivity index (χ2v) is 5.19. The molecular weight excluding hydrogens is 229 g/mol. The van der Waals surface area contributed by atoms with Crippen LogP contribution in [-0.4, -0.2) is 20.2 Å². The number of hydrogen-bond acceptors (Lipinski definition) is 2. The minimum Gasteiger partial charge on any atom is -0.494 e. The minimum absolute atomic E-state index is 0.254. The molecule has 0 aliphatic heterocycles. The Morgan fingerprint density at radius 2 is 2.22 bits per heavy atom. The van der Waals surface area contributed by atoms with E-state index in [0.717, 1.165) is 12.0 Å². The van der Waals surface area contributed by atoms with Gasteiger partial charge < -0.3 is 10.1 Å². The van der Waals surface area contributed by atoms with Crippen LogP contribution in [-0.2, 0) is 6.42 Å². The molecule has 2 atom stereocenters. The summed E-state index contributed by atoms with van der Waals surface area (Å²) in [4.78, 5) is 0. The van der Waals surface area contributed by atoms with Gasteiger partial charge in [0.05, 0.1) is 7.11 Å². The van der Waals surface area contributed by atoms with Gasteiger partial charge in [-0.05, 0) is 49.9 Å². The molecule has 18 heavy (non-hydrogen) atoms. The summed E-state index contributed by atoms with van der Waals surface area (Å²) < 4.78 is 18.5. The molecule has 0 saturated heterocycles. The minimum atomic E-state index is -0.254. The van der Waals surface area contributed by atoms with E-state index >= 15 is 0 Å². The Bertz CT molecular complexity index is 394. The maximum absolute atomic E-state index is 13.6. The zero-order chi connectivity index (χ0) is 13.0. The summed E-state index contributed by atoms with van der Waals surface area (Å²) in [5.74, 6) is 0.746. The van der Waals surface area contributed by atoms with Crippen LogP contribution in [0.3, 0.4) is 0 Å². The van der Waals surface area contributed by atoms with E-state index in [0.29, 0.717) is 17.7 Å². The molecule has 1 aromatic rings. The highest BCUT2D eigenvalue weighted by Gasteiger charge is 2.21. The van der Waals surface area contributed by atoms with E-state index in [1.54, 1.807) is 12.1 Å². The summed E-state index contributed by atoms with van der Waals surface area (Å²) in [6.07, 6.45) is 5.97. The SMILES string of the molecule is CNC1CCCC(Cc2ccc(OC)c(F)c2)C1. The molecule has 0 amide bonds. The molecule has 0 aromatic heterocycles. The lowest BCUT2D eigenvalue weighted by Gasteiger charge is -2.29. The van der Waals surface area contributed by atoms with Gasteiger partial charge in [0.15, 0.2) is 11.6 Å². The van der Waals surface area contributed by atoms with E-state index in [9.17, 15) is 4.39 Å². The summed E-state index contributed by atoms with van der Waals surface area (Å²) >= 11 is 0. The van der Waals surface area contributed by atoms with Gasteiger partial charge in [0.1, 0.15) is 0 Å². The third kappa shape index (κ3) is 3.22. The van der Waals surface area contributed by atoms with Crippen molar-refractivity contribution in [3.63, 3.8) is 0 Å². The first kappa shape index (κ1) is 13.3. The molecule has 0 heterocycles. The Labute approximate surface area is 109 Å². The molecule has 3 heteroatoms. The first-order chi connectivity index (χ1) is 8.72. The van der Waals surface area contributed by atoms with Crippen molar-refractivity contribution in [3.05, 3.63) is 29.6 Å². The average molecular weight is 251 g/mol. The summed E-state index contributed by atoms with van der Waals surface area (Å²) in [7, 11) is 3.52. The lowest BCUT2D eigenvalue weighted by Crippen LogP contribution is -2.31. The molecule has 2 nitrogen and oxygen atoms in total. The van der Waals surface area contributed by atoms with Crippen LogP contribution in [0, 0.1) is 11.7 Å². The molecule has 1 fully saturated rings. The van der Waals surface area contributed by atoms with Crippen LogP contribution in [0.1, 0.15) is 31.2 Å². The second-order valence-electron chi connectivity index (χ2n) is 5.19. The third-order valence-electron chi connectivity index (χ3n) is 3.93. The van der Waals surface area contributed by atoms with E-state index in [4.69, 9.17) is 4.74 Å². The number of methoxy groups -OCH3 is 1. The molecule has 0 spiro atoms. The molecule has 1 aromatic carbocycles. The van der Waals surface area contributed by atoms with E-state index in [1.165, 1.54) is 32.8 Å². The van der Waals surface area contributed by atoms with Crippen molar-refractivity contribution in [2.45, 2.75) is 38.1 Å². The van der Waals surface area contributed by atoms with Crippen molar-refractivity contribution in [2.24, 2.45) is 5.92 Å². The highest BCUT2D eigenvalue weighted by molar-refractivity contribution is 5.29. The zero-order valence-electron chi connectivity index (χ0n) is 11.2. The molecule has 100 valence electrons. The predicted octanol–water partition coefficient (Wildman–Crippen LogP) is 3.16. The highest BCUT2D eigenvalue weighted by Crippen LogP contribution is 2.28. The van der Waals surface area contributed by atoms with Crippen LogP contribution < -0.4 is 10.1 Å². The fraction of sp³-hybridized carbons (Fsp3) is 0.600. The molecule has 1 N–H and O–H groups in total. The van der Waals surface area contributed by atoms with Crippen LogP contribution in [0.5, 0.6) is 5.75 Å². The molecule has 2 unspecified atom stereocenters. The molecular formula is C15H22FNO. The van der Waals surface area contributed by atoms with Gasteiger partial charge in [0.2, 0.25) is 0 Å². The normalized spacial score (nSPS) is 23.9. The van der Waals surface area contributed by atoms with Gasteiger partial charge in [-0.2, -0.15) is 0 Å². The Morgan fingerprint density at radius 1 is 1.39 bits per heavy atom. The zero-order valence-corrected chi connectivity index (χ0v) is 11.2. The molecule has 0 bridgehead atoms. The Kier molecular flexibility index (Phi) is 4.59. The smallest absolute Gasteiger partial charge is 0.165 e. The molecule has 1 aliphatic rings. The van der Waals surface area contributed by atoms with Crippen molar-refractivity contribution in [1.82, 2.24) is 5.32 Å². The van der Waals surface area contributed by atoms with Gasteiger partial charge in [-0.25, -0.2) is 4.39 Å². The number of rotatable bonds is 4.